The molecule has 0 aliphatic carbocycles. The quantitative estimate of drug-likeness (QED) is 0.607. The summed E-state index contributed by atoms with van der Waals surface area (Å²) in [5, 5.41) is 1.11. The Hall–Kier alpha value is -1.09. The summed E-state index contributed by atoms with van der Waals surface area (Å²) in [4.78, 5) is 0. The van der Waals surface area contributed by atoms with E-state index < -0.39 is 0 Å². The summed E-state index contributed by atoms with van der Waals surface area (Å²) >= 11 is 0. The molecule has 1 heterocycles. The van der Waals surface area contributed by atoms with Gasteiger partial charge in [0.05, 0.1) is 16.1 Å². The standard InChI is InChI=1S/C8H9N2S/c1-11-7-5-3-2-4-6(7)8(9)10-11/h2-5H,1H3,(H2,9,10)/q+1. The van der Waals surface area contributed by atoms with Gasteiger partial charge in [-0.3, -0.25) is 0 Å². The summed E-state index contributed by atoms with van der Waals surface area (Å²) < 4.78 is 5.55. The summed E-state index contributed by atoms with van der Waals surface area (Å²) in [6.45, 7) is 0. The van der Waals surface area contributed by atoms with Crippen LogP contribution in [0.4, 0.5) is 5.82 Å². The lowest BCUT2D eigenvalue weighted by molar-refractivity contribution is 1.56. The van der Waals surface area contributed by atoms with Gasteiger partial charge in [0.25, 0.3) is 0 Å². The Balaban J connectivity index is 2.95. The number of nitrogens with two attached hydrogens (primary N) is 1. The monoisotopic (exact) mass is 165 g/mol. The van der Waals surface area contributed by atoms with Crippen molar-refractivity contribution in [2.24, 2.45) is 6.26 Å². The molecule has 0 radical (unpaired) electrons. The van der Waals surface area contributed by atoms with Gasteiger partial charge in [0.1, 0.15) is 6.26 Å². The van der Waals surface area contributed by atoms with Gasteiger partial charge in [-0.15, -0.1) is 0 Å². The number of anilines is 1. The largest absolute Gasteiger partial charge is 0.379 e. The van der Waals surface area contributed by atoms with Gasteiger partial charge in [0, 0.05) is 6.07 Å². The zero-order chi connectivity index (χ0) is 7.84. The van der Waals surface area contributed by atoms with Crippen molar-refractivity contribution in [3.8, 4) is 0 Å². The molecule has 0 bridgehead atoms. The predicted molar refractivity (Wildman–Crippen MR) is 49.6 cm³/mol. The zero-order valence-corrected chi connectivity index (χ0v) is 7.06. The molecule has 0 fully saturated rings. The van der Waals surface area contributed by atoms with Crippen molar-refractivity contribution in [1.29, 1.82) is 0 Å². The average Bonchev–Trinajstić information content (AvgIpc) is 2.30. The van der Waals surface area contributed by atoms with Crippen molar-refractivity contribution in [1.82, 2.24) is 4.37 Å². The van der Waals surface area contributed by atoms with E-state index in [0.717, 1.165) is 5.39 Å². The third-order valence-corrected chi connectivity index (χ3v) is 3.18. The Morgan fingerprint density at radius 2 is 2.09 bits per heavy atom. The van der Waals surface area contributed by atoms with E-state index in [1.807, 2.05) is 18.2 Å². The van der Waals surface area contributed by atoms with Crippen LogP contribution in [0.25, 0.3) is 10.1 Å². The first-order chi connectivity index (χ1) is 5.29. The molecule has 2 N–H and O–H groups in total. The number of rotatable bonds is 0. The smallest absolute Gasteiger partial charge is 0.208 e. The first-order valence-corrected chi connectivity index (χ1v) is 4.97. The van der Waals surface area contributed by atoms with E-state index in [2.05, 4.69) is 16.7 Å². The Kier molecular flexibility index (Phi) is 1.32. The van der Waals surface area contributed by atoms with Gasteiger partial charge in [0.2, 0.25) is 4.70 Å². The third-order valence-electron chi connectivity index (χ3n) is 1.72. The van der Waals surface area contributed by atoms with Crippen molar-refractivity contribution in [3.63, 3.8) is 0 Å². The Bertz CT molecular complexity index is 356. The summed E-state index contributed by atoms with van der Waals surface area (Å²) in [6, 6.07) is 8.12. The van der Waals surface area contributed by atoms with Crippen LogP contribution in [0.5, 0.6) is 0 Å². The van der Waals surface area contributed by atoms with Crippen LogP contribution in [0.1, 0.15) is 0 Å². The minimum atomic E-state index is -0.0149. The number of aryl methyl sites for hydroxylation is 1. The molecule has 1 atom stereocenters. The molecule has 0 spiro atoms. The highest BCUT2D eigenvalue weighted by Crippen LogP contribution is 2.30. The average molecular weight is 165 g/mol. The maximum absolute atomic E-state index is 5.69. The van der Waals surface area contributed by atoms with Gasteiger partial charge in [-0.1, -0.05) is 12.1 Å². The molecule has 1 aromatic heterocycles. The van der Waals surface area contributed by atoms with E-state index in [0.29, 0.717) is 5.82 Å². The van der Waals surface area contributed by atoms with Crippen LogP contribution in [-0.2, 0) is 6.26 Å². The van der Waals surface area contributed by atoms with Gasteiger partial charge in [-0.2, -0.15) is 0 Å². The molecule has 0 aliphatic heterocycles. The first kappa shape index (κ1) is 6.61. The Labute approximate surface area is 67.8 Å². The molecule has 1 unspecified atom stereocenters. The Morgan fingerprint density at radius 3 is 2.82 bits per heavy atom. The zero-order valence-electron chi connectivity index (χ0n) is 6.24. The maximum Gasteiger partial charge on any atom is 0.208 e. The van der Waals surface area contributed by atoms with Crippen molar-refractivity contribution in [2.45, 2.75) is 0 Å². The fourth-order valence-corrected chi connectivity index (χ4v) is 2.44. The van der Waals surface area contributed by atoms with Crippen LogP contribution in [-0.4, -0.2) is 4.37 Å². The SMILES string of the molecule is C[s+]1nc(N)c2ccccc21. The van der Waals surface area contributed by atoms with Crippen LogP contribution < -0.4 is 5.73 Å². The molecule has 0 aliphatic rings. The van der Waals surface area contributed by atoms with Crippen molar-refractivity contribution in [3.05, 3.63) is 24.3 Å². The lowest BCUT2D eigenvalue weighted by Gasteiger charge is -1.80. The first-order valence-electron chi connectivity index (χ1n) is 3.38. The highest BCUT2D eigenvalue weighted by Gasteiger charge is 2.12. The fourth-order valence-electron chi connectivity index (χ4n) is 1.18. The number of nitrogens with zero attached hydrogens (tertiary/aromatic N) is 1. The number of aromatic nitrogens is 1. The van der Waals surface area contributed by atoms with Crippen molar-refractivity contribution in [2.75, 3.05) is 5.73 Å². The van der Waals surface area contributed by atoms with Crippen molar-refractivity contribution < 1.29 is 0 Å². The molecule has 0 amide bonds. The van der Waals surface area contributed by atoms with Gasteiger partial charge in [-0.05, 0) is 10.4 Å². The molecule has 56 valence electrons. The van der Waals surface area contributed by atoms with Crippen LogP contribution >= 0.6 is 10.7 Å². The molecule has 11 heavy (non-hydrogen) atoms. The predicted octanol–water partition coefficient (Wildman–Crippen LogP) is 2.10. The van der Waals surface area contributed by atoms with Gasteiger partial charge in [-0.25, -0.2) is 0 Å². The third kappa shape index (κ3) is 0.886. The summed E-state index contributed by atoms with van der Waals surface area (Å²) in [5.74, 6) is 0.687. The second kappa shape index (κ2) is 2.20. The van der Waals surface area contributed by atoms with Crippen LogP contribution in [0.2, 0.25) is 0 Å². The minimum Gasteiger partial charge on any atom is -0.379 e. The van der Waals surface area contributed by atoms with Crippen LogP contribution in [0.15, 0.2) is 24.3 Å². The molecule has 2 rings (SSSR count). The second-order valence-corrected chi connectivity index (χ2v) is 4.03. The maximum atomic E-state index is 5.69. The minimum absolute atomic E-state index is 0.0149. The fraction of sp³-hybridized carbons (Fsp3) is 0.125. The van der Waals surface area contributed by atoms with E-state index >= 15 is 0 Å². The second-order valence-electron chi connectivity index (χ2n) is 2.45. The molecular formula is C8H9N2S+. The molecule has 2 nitrogen and oxygen atoms in total. The molecule has 1 aromatic carbocycles. The van der Waals surface area contributed by atoms with E-state index in [1.165, 1.54) is 4.70 Å². The lowest BCUT2D eigenvalue weighted by atomic mass is 10.3. The lowest BCUT2D eigenvalue weighted by Crippen LogP contribution is -1.82. The summed E-state index contributed by atoms with van der Waals surface area (Å²) in [6.07, 6.45) is 2.08. The van der Waals surface area contributed by atoms with E-state index in [-0.39, 0.29) is 10.7 Å². The van der Waals surface area contributed by atoms with Crippen molar-refractivity contribution >= 4 is 26.6 Å². The van der Waals surface area contributed by atoms with E-state index in [4.69, 9.17) is 5.73 Å². The van der Waals surface area contributed by atoms with E-state index in [1.54, 1.807) is 0 Å². The number of hydrogen-bond acceptors (Lipinski definition) is 2. The molecule has 2 aromatic rings. The van der Waals surface area contributed by atoms with Gasteiger partial charge < -0.3 is 5.73 Å². The number of fused-ring (bicyclic) bond motifs is 1. The highest BCUT2D eigenvalue weighted by molar-refractivity contribution is 7.31. The topological polar surface area (TPSA) is 38.9 Å². The summed E-state index contributed by atoms with van der Waals surface area (Å²) in [7, 11) is -0.0149. The number of nitrogen functional groups attached to an aromatic ring is 1. The molecule has 0 saturated carbocycles. The highest BCUT2D eigenvalue weighted by atomic mass is 32.2. The molecule has 0 saturated heterocycles. The molecule has 3 heteroatoms. The van der Waals surface area contributed by atoms with Gasteiger partial charge in [0.15, 0.2) is 5.82 Å². The summed E-state index contributed by atoms with van der Waals surface area (Å²) in [5.41, 5.74) is 5.69. The van der Waals surface area contributed by atoms with Crippen LogP contribution in [0, 0.1) is 0 Å². The van der Waals surface area contributed by atoms with E-state index in [9.17, 15) is 0 Å². The Morgan fingerprint density at radius 1 is 1.36 bits per heavy atom. The van der Waals surface area contributed by atoms with Crippen LogP contribution in [0.3, 0.4) is 0 Å². The number of benzene rings is 1. The normalized spacial score (nSPS) is 12.3. The van der Waals surface area contributed by atoms with Gasteiger partial charge >= 0.3 is 0 Å². The number of hydrogen-bond donors (Lipinski definition) is 1. The molecular weight excluding hydrogens is 156 g/mol.